The minimum Gasteiger partial charge on any atom is -0.484 e. The van der Waals surface area contributed by atoms with E-state index in [-0.39, 0.29) is 22.4 Å². The first-order valence-electron chi connectivity index (χ1n) is 7.63. The smallest absolute Gasteiger partial charge is 0.422 e. The van der Waals surface area contributed by atoms with Crippen LogP contribution >= 0.6 is 0 Å². The van der Waals surface area contributed by atoms with Crippen LogP contribution in [0.4, 0.5) is 13.2 Å². The number of pyridine rings is 1. The molecule has 3 aromatic rings. The first-order valence-corrected chi connectivity index (χ1v) is 8.95. The second-order valence-corrected chi connectivity index (χ2v) is 6.90. The molecule has 0 spiro atoms. The van der Waals surface area contributed by atoms with E-state index in [4.69, 9.17) is 4.74 Å². The standard InChI is InChI=1S/C16H13F3N4O3S/c1-10-12(20-7-6-14(10)26-9-16(17,18)19)8-27(25)15-21-11-4-2-3-5-13(11)23(15)22-24/h2-7H,8-9H2,1H3/t27-/m1/s1. The second-order valence-electron chi connectivity index (χ2n) is 5.55. The Bertz CT molecular complexity index is 1020. The number of alkyl halides is 3. The Labute approximate surface area is 153 Å². The van der Waals surface area contributed by atoms with E-state index in [0.29, 0.717) is 16.6 Å². The SMILES string of the molecule is Cc1c(OCC(F)(F)F)ccnc1C[S@@](=O)c1nc2ccccc2n1N=O. The Morgan fingerprint density at radius 2 is 2.00 bits per heavy atom. The number of benzene rings is 1. The van der Waals surface area contributed by atoms with Gasteiger partial charge in [-0.15, -0.1) is 4.91 Å². The maximum Gasteiger partial charge on any atom is 0.422 e. The molecule has 0 fully saturated rings. The maximum atomic E-state index is 12.7. The zero-order valence-electron chi connectivity index (χ0n) is 13.9. The van der Waals surface area contributed by atoms with Crippen LogP contribution in [0.2, 0.25) is 0 Å². The highest BCUT2D eigenvalue weighted by Crippen LogP contribution is 2.25. The van der Waals surface area contributed by atoms with Gasteiger partial charge >= 0.3 is 6.18 Å². The van der Waals surface area contributed by atoms with Gasteiger partial charge in [0.1, 0.15) is 5.75 Å². The lowest BCUT2D eigenvalue weighted by atomic mass is 10.2. The van der Waals surface area contributed by atoms with Crippen molar-refractivity contribution in [3.8, 4) is 5.75 Å². The quantitative estimate of drug-likeness (QED) is 0.593. The van der Waals surface area contributed by atoms with E-state index >= 15 is 0 Å². The van der Waals surface area contributed by atoms with Crippen molar-refractivity contribution in [3.05, 3.63) is 52.7 Å². The zero-order valence-corrected chi connectivity index (χ0v) is 14.8. The van der Waals surface area contributed by atoms with Gasteiger partial charge in [0, 0.05) is 11.8 Å². The van der Waals surface area contributed by atoms with E-state index in [1.54, 1.807) is 24.3 Å². The lowest BCUT2D eigenvalue weighted by Gasteiger charge is -2.13. The highest BCUT2D eigenvalue weighted by Gasteiger charge is 2.29. The highest BCUT2D eigenvalue weighted by molar-refractivity contribution is 7.84. The van der Waals surface area contributed by atoms with Crippen LogP contribution in [0.3, 0.4) is 0 Å². The summed E-state index contributed by atoms with van der Waals surface area (Å²) in [4.78, 5) is 19.4. The van der Waals surface area contributed by atoms with Crippen LogP contribution < -0.4 is 4.74 Å². The number of fused-ring (bicyclic) bond motifs is 1. The molecule has 3 rings (SSSR count). The van der Waals surface area contributed by atoms with E-state index in [1.165, 1.54) is 19.2 Å². The Kier molecular flexibility index (Phi) is 5.22. The molecule has 0 saturated carbocycles. The first-order chi connectivity index (χ1) is 12.8. The first kappa shape index (κ1) is 19.0. The summed E-state index contributed by atoms with van der Waals surface area (Å²) in [6.45, 7) is 0.0808. The van der Waals surface area contributed by atoms with Crippen molar-refractivity contribution in [2.24, 2.45) is 5.29 Å². The van der Waals surface area contributed by atoms with E-state index in [2.05, 4.69) is 15.3 Å². The minimum atomic E-state index is -4.47. The van der Waals surface area contributed by atoms with Gasteiger partial charge in [-0.25, -0.2) is 4.98 Å². The van der Waals surface area contributed by atoms with Gasteiger partial charge in [0.15, 0.2) is 6.61 Å². The molecule has 0 N–H and O–H groups in total. The van der Waals surface area contributed by atoms with Crippen LogP contribution in [0.15, 0.2) is 47.0 Å². The fourth-order valence-electron chi connectivity index (χ4n) is 2.43. The molecule has 0 saturated heterocycles. The van der Waals surface area contributed by atoms with Crippen LogP contribution in [0, 0.1) is 11.8 Å². The molecule has 0 aliphatic rings. The molecule has 1 atom stereocenters. The molecular formula is C16H13F3N4O3S. The van der Waals surface area contributed by atoms with Crippen molar-refractivity contribution in [1.29, 1.82) is 0 Å². The van der Waals surface area contributed by atoms with Crippen LogP contribution in [0.5, 0.6) is 5.75 Å². The average Bonchev–Trinajstić information content (AvgIpc) is 3.00. The number of aromatic nitrogens is 3. The van der Waals surface area contributed by atoms with Crippen molar-refractivity contribution >= 4 is 21.8 Å². The number of ether oxygens (including phenoxy) is 1. The Morgan fingerprint density at radius 1 is 1.26 bits per heavy atom. The Balaban J connectivity index is 1.88. The molecule has 0 radical (unpaired) electrons. The summed E-state index contributed by atoms with van der Waals surface area (Å²) in [6.07, 6.45) is -3.20. The zero-order chi connectivity index (χ0) is 19.6. The van der Waals surface area contributed by atoms with E-state index in [9.17, 15) is 22.3 Å². The molecule has 7 nitrogen and oxygen atoms in total. The lowest BCUT2D eigenvalue weighted by molar-refractivity contribution is -0.153. The molecule has 0 unspecified atom stereocenters. The molecule has 0 amide bonds. The van der Waals surface area contributed by atoms with Crippen molar-refractivity contribution < 1.29 is 22.1 Å². The highest BCUT2D eigenvalue weighted by atomic mass is 32.2. The van der Waals surface area contributed by atoms with E-state index in [1.807, 2.05) is 0 Å². The molecule has 2 heterocycles. The van der Waals surface area contributed by atoms with Gasteiger partial charge in [-0.05, 0) is 25.1 Å². The normalized spacial score (nSPS) is 12.9. The molecule has 1 aromatic carbocycles. The number of hydrogen-bond donors (Lipinski definition) is 0. The monoisotopic (exact) mass is 398 g/mol. The summed E-state index contributed by atoms with van der Waals surface area (Å²) in [5, 5.41) is 2.80. The Morgan fingerprint density at radius 3 is 2.70 bits per heavy atom. The van der Waals surface area contributed by atoms with Crippen molar-refractivity contribution in [1.82, 2.24) is 14.6 Å². The summed E-state index contributed by atoms with van der Waals surface area (Å²) >= 11 is 0. The van der Waals surface area contributed by atoms with Crippen LogP contribution in [0.1, 0.15) is 11.3 Å². The van der Waals surface area contributed by atoms with Crippen LogP contribution in [-0.2, 0) is 16.6 Å². The number of nitrogens with zero attached hydrogens (tertiary/aromatic N) is 4. The fraction of sp³-hybridized carbons (Fsp3) is 0.250. The van der Waals surface area contributed by atoms with Gasteiger partial charge in [-0.3, -0.25) is 9.19 Å². The molecular weight excluding hydrogens is 385 g/mol. The summed E-state index contributed by atoms with van der Waals surface area (Å²) in [5.41, 5.74) is 1.46. The number of imidazole rings is 1. The Hall–Kier alpha value is -2.82. The third-order valence-corrected chi connectivity index (χ3v) is 4.92. The van der Waals surface area contributed by atoms with Crippen LogP contribution in [0.25, 0.3) is 11.0 Å². The third kappa shape index (κ3) is 4.13. The largest absolute Gasteiger partial charge is 0.484 e. The number of rotatable bonds is 6. The van der Waals surface area contributed by atoms with Gasteiger partial charge in [0.2, 0.25) is 5.16 Å². The molecule has 27 heavy (non-hydrogen) atoms. The van der Waals surface area contributed by atoms with Crippen molar-refractivity contribution in [2.75, 3.05) is 6.61 Å². The molecule has 0 aliphatic carbocycles. The summed E-state index contributed by atoms with van der Waals surface area (Å²) in [6, 6.07) is 7.96. The summed E-state index contributed by atoms with van der Waals surface area (Å²) in [7, 11) is -1.80. The number of hydrogen-bond acceptors (Lipinski definition) is 6. The van der Waals surface area contributed by atoms with Gasteiger partial charge in [0.25, 0.3) is 0 Å². The van der Waals surface area contributed by atoms with E-state index in [0.717, 1.165) is 4.68 Å². The summed E-state index contributed by atoms with van der Waals surface area (Å²) in [5.74, 6) is -0.162. The molecule has 0 bridgehead atoms. The van der Waals surface area contributed by atoms with Gasteiger partial charge in [0.05, 0.1) is 38.6 Å². The van der Waals surface area contributed by atoms with Crippen molar-refractivity contribution in [3.63, 3.8) is 0 Å². The maximum absolute atomic E-state index is 12.7. The average molecular weight is 398 g/mol. The predicted molar refractivity (Wildman–Crippen MR) is 91.6 cm³/mol. The van der Waals surface area contributed by atoms with Gasteiger partial charge in [-0.1, -0.05) is 12.1 Å². The topological polar surface area (TPSA) is 86.4 Å². The molecule has 0 aliphatic heterocycles. The fourth-order valence-corrected chi connectivity index (χ4v) is 3.62. The lowest BCUT2D eigenvalue weighted by Crippen LogP contribution is -2.20. The molecule has 142 valence electrons. The second kappa shape index (κ2) is 7.43. The third-order valence-electron chi connectivity index (χ3n) is 3.71. The van der Waals surface area contributed by atoms with Gasteiger partial charge < -0.3 is 4.74 Å². The molecule has 2 aromatic heterocycles. The van der Waals surface area contributed by atoms with Crippen LogP contribution in [-0.4, -0.2) is 31.6 Å². The summed E-state index contributed by atoms with van der Waals surface area (Å²) < 4.78 is 55.5. The van der Waals surface area contributed by atoms with E-state index < -0.39 is 23.6 Å². The number of nitroso groups, excluding NO2 is 1. The van der Waals surface area contributed by atoms with Gasteiger partial charge in [-0.2, -0.15) is 17.8 Å². The predicted octanol–water partition coefficient (Wildman–Crippen LogP) is 3.52. The minimum absolute atomic E-state index is 0.00339. The number of para-hydroxylation sites is 2. The van der Waals surface area contributed by atoms with Crippen molar-refractivity contribution in [2.45, 2.75) is 24.0 Å². The molecule has 11 heteroatoms. The number of halogens is 3.